The van der Waals surface area contributed by atoms with Crippen molar-refractivity contribution in [3.05, 3.63) is 28.8 Å². The van der Waals surface area contributed by atoms with Gasteiger partial charge in [-0.2, -0.15) is 5.48 Å². The molecule has 1 N–H and O–H groups in total. The fraction of sp³-hybridized carbons (Fsp3) is 0.500. The molecule has 0 saturated heterocycles. The van der Waals surface area contributed by atoms with Crippen LogP contribution in [-0.4, -0.2) is 13.2 Å². The molecule has 2 atom stereocenters. The van der Waals surface area contributed by atoms with E-state index < -0.39 is 0 Å². The Labute approximate surface area is 90.3 Å². The van der Waals surface area contributed by atoms with Crippen LogP contribution in [0.25, 0.3) is 0 Å². The van der Waals surface area contributed by atoms with Crippen molar-refractivity contribution >= 4 is 0 Å². The largest absolute Gasteiger partial charge is 0.488 e. The molecule has 0 aliphatic carbocycles. The Hall–Kier alpha value is -1.06. The van der Waals surface area contributed by atoms with E-state index >= 15 is 0 Å². The minimum atomic E-state index is 0.111. The van der Waals surface area contributed by atoms with Gasteiger partial charge < -0.3 is 9.57 Å². The molecule has 0 spiro atoms. The van der Waals surface area contributed by atoms with Gasteiger partial charge in [-0.25, -0.2) is 0 Å². The molecule has 1 aromatic carbocycles. The lowest BCUT2D eigenvalue weighted by molar-refractivity contribution is 0.0337. The van der Waals surface area contributed by atoms with E-state index in [1.807, 2.05) is 0 Å². The number of rotatable bonds is 2. The molecule has 1 aliphatic heterocycles. The SMILES string of the molecule is CONC1c2c(C)ccc(C)c2OC1C. The maximum atomic E-state index is 5.84. The maximum absolute atomic E-state index is 5.84. The van der Waals surface area contributed by atoms with Crippen molar-refractivity contribution in [1.29, 1.82) is 0 Å². The fourth-order valence-electron chi connectivity index (χ4n) is 2.12. The Bertz CT molecular complexity index is 376. The smallest absolute Gasteiger partial charge is 0.127 e. The lowest BCUT2D eigenvalue weighted by atomic mass is 9.98. The molecule has 0 radical (unpaired) electrons. The molecular weight excluding hydrogens is 190 g/mol. The number of hydroxylamine groups is 1. The predicted octanol–water partition coefficient (Wildman–Crippen LogP) is 2.28. The van der Waals surface area contributed by atoms with Gasteiger partial charge in [-0.3, -0.25) is 0 Å². The fourth-order valence-corrected chi connectivity index (χ4v) is 2.12. The molecule has 1 aliphatic rings. The van der Waals surface area contributed by atoms with E-state index in [1.165, 1.54) is 16.7 Å². The normalized spacial score (nSPS) is 23.7. The quantitative estimate of drug-likeness (QED) is 0.755. The van der Waals surface area contributed by atoms with Crippen LogP contribution in [0.5, 0.6) is 5.75 Å². The summed E-state index contributed by atoms with van der Waals surface area (Å²) in [5, 5.41) is 0. The first kappa shape index (κ1) is 10.5. The molecule has 82 valence electrons. The van der Waals surface area contributed by atoms with Gasteiger partial charge in [0.2, 0.25) is 0 Å². The summed E-state index contributed by atoms with van der Waals surface area (Å²) < 4.78 is 5.84. The van der Waals surface area contributed by atoms with Crippen molar-refractivity contribution in [2.45, 2.75) is 32.9 Å². The van der Waals surface area contributed by atoms with Gasteiger partial charge in [0.25, 0.3) is 0 Å². The van der Waals surface area contributed by atoms with Gasteiger partial charge in [-0.15, -0.1) is 0 Å². The molecule has 3 nitrogen and oxygen atoms in total. The summed E-state index contributed by atoms with van der Waals surface area (Å²) in [7, 11) is 1.63. The van der Waals surface area contributed by atoms with Gasteiger partial charge in [-0.05, 0) is 31.9 Å². The molecule has 0 aromatic heterocycles. The van der Waals surface area contributed by atoms with Gasteiger partial charge in [0, 0.05) is 5.56 Å². The third-order valence-electron chi connectivity index (χ3n) is 2.94. The van der Waals surface area contributed by atoms with E-state index in [-0.39, 0.29) is 12.1 Å². The number of aryl methyl sites for hydroxylation is 2. The van der Waals surface area contributed by atoms with Crippen LogP contribution in [0.4, 0.5) is 0 Å². The van der Waals surface area contributed by atoms with Crippen molar-refractivity contribution in [3.63, 3.8) is 0 Å². The average Bonchev–Trinajstić information content (AvgIpc) is 2.53. The Balaban J connectivity index is 2.47. The summed E-state index contributed by atoms with van der Waals surface area (Å²) >= 11 is 0. The first-order chi connectivity index (χ1) is 7.15. The molecule has 0 amide bonds. The summed E-state index contributed by atoms with van der Waals surface area (Å²) in [6.07, 6.45) is 0.111. The van der Waals surface area contributed by atoms with E-state index in [4.69, 9.17) is 9.57 Å². The molecule has 0 saturated carbocycles. The van der Waals surface area contributed by atoms with Crippen LogP contribution in [-0.2, 0) is 4.84 Å². The minimum absolute atomic E-state index is 0.111. The number of fused-ring (bicyclic) bond motifs is 1. The number of hydrogen-bond donors (Lipinski definition) is 1. The third-order valence-corrected chi connectivity index (χ3v) is 2.94. The van der Waals surface area contributed by atoms with Crippen molar-refractivity contribution < 1.29 is 9.57 Å². The molecular formula is C12H17NO2. The average molecular weight is 207 g/mol. The van der Waals surface area contributed by atoms with E-state index in [2.05, 4.69) is 38.4 Å². The summed E-state index contributed by atoms with van der Waals surface area (Å²) in [6.45, 7) is 6.22. The molecule has 15 heavy (non-hydrogen) atoms. The topological polar surface area (TPSA) is 30.5 Å². The lowest BCUT2D eigenvalue weighted by Crippen LogP contribution is -2.28. The minimum Gasteiger partial charge on any atom is -0.488 e. The second kappa shape index (κ2) is 3.83. The Morgan fingerprint density at radius 3 is 2.60 bits per heavy atom. The summed E-state index contributed by atoms with van der Waals surface area (Å²) in [5.74, 6) is 1.01. The monoisotopic (exact) mass is 207 g/mol. The Morgan fingerprint density at radius 2 is 1.93 bits per heavy atom. The van der Waals surface area contributed by atoms with E-state index in [9.17, 15) is 0 Å². The first-order valence-corrected chi connectivity index (χ1v) is 5.20. The van der Waals surface area contributed by atoms with Crippen molar-refractivity contribution in [1.82, 2.24) is 5.48 Å². The molecule has 3 heteroatoms. The highest BCUT2D eigenvalue weighted by Crippen LogP contribution is 2.40. The molecule has 2 rings (SSSR count). The second-order valence-electron chi connectivity index (χ2n) is 4.06. The van der Waals surface area contributed by atoms with Crippen molar-refractivity contribution in [3.8, 4) is 5.75 Å². The number of ether oxygens (including phenoxy) is 1. The number of nitrogens with one attached hydrogen (secondary N) is 1. The van der Waals surface area contributed by atoms with Crippen molar-refractivity contribution in [2.75, 3.05) is 7.11 Å². The van der Waals surface area contributed by atoms with E-state index in [0.717, 1.165) is 5.75 Å². The highest BCUT2D eigenvalue weighted by atomic mass is 16.6. The molecule has 1 heterocycles. The lowest BCUT2D eigenvalue weighted by Gasteiger charge is -2.15. The highest BCUT2D eigenvalue weighted by molar-refractivity contribution is 5.50. The van der Waals surface area contributed by atoms with Gasteiger partial charge in [0.05, 0.1) is 13.2 Å². The van der Waals surface area contributed by atoms with Gasteiger partial charge in [0.15, 0.2) is 0 Å². The standard InChI is InChI=1S/C12H17NO2/c1-7-5-6-8(2)12-10(7)11(13-14-4)9(3)15-12/h5-6,9,11,13H,1-4H3. The van der Waals surface area contributed by atoms with Gasteiger partial charge in [0.1, 0.15) is 11.9 Å². The Morgan fingerprint density at radius 1 is 1.27 bits per heavy atom. The zero-order valence-corrected chi connectivity index (χ0v) is 9.63. The maximum Gasteiger partial charge on any atom is 0.127 e. The van der Waals surface area contributed by atoms with Gasteiger partial charge in [-0.1, -0.05) is 12.1 Å². The second-order valence-corrected chi connectivity index (χ2v) is 4.06. The van der Waals surface area contributed by atoms with Crippen LogP contribution < -0.4 is 10.2 Å². The summed E-state index contributed by atoms with van der Waals surface area (Å²) in [6, 6.07) is 4.35. The first-order valence-electron chi connectivity index (χ1n) is 5.20. The van der Waals surface area contributed by atoms with Crippen LogP contribution in [0.3, 0.4) is 0 Å². The van der Waals surface area contributed by atoms with Crippen LogP contribution >= 0.6 is 0 Å². The Kier molecular flexibility index (Phi) is 2.67. The van der Waals surface area contributed by atoms with Crippen LogP contribution in [0.15, 0.2) is 12.1 Å². The predicted molar refractivity (Wildman–Crippen MR) is 58.9 cm³/mol. The summed E-state index contributed by atoms with van der Waals surface area (Å²) in [5.41, 5.74) is 6.65. The zero-order valence-electron chi connectivity index (χ0n) is 9.63. The van der Waals surface area contributed by atoms with E-state index in [0.29, 0.717) is 0 Å². The highest BCUT2D eigenvalue weighted by Gasteiger charge is 2.33. The van der Waals surface area contributed by atoms with Crippen LogP contribution in [0.2, 0.25) is 0 Å². The third kappa shape index (κ3) is 1.62. The molecule has 0 fully saturated rings. The zero-order chi connectivity index (χ0) is 11.0. The van der Waals surface area contributed by atoms with Crippen molar-refractivity contribution in [2.24, 2.45) is 0 Å². The van der Waals surface area contributed by atoms with Crippen LogP contribution in [0, 0.1) is 13.8 Å². The van der Waals surface area contributed by atoms with Gasteiger partial charge >= 0.3 is 0 Å². The van der Waals surface area contributed by atoms with E-state index in [1.54, 1.807) is 7.11 Å². The molecule has 0 bridgehead atoms. The summed E-state index contributed by atoms with van der Waals surface area (Å²) in [4.78, 5) is 5.02. The number of hydrogen-bond acceptors (Lipinski definition) is 3. The molecule has 2 unspecified atom stereocenters. The van der Waals surface area contributed by atoms with Crippen LogP contribution in [0.1, 0.15) is 29.7 Å². The molecule has 1 aromatic rings. The number of benzene rings is 1.